The highest BCUT2D eigenvalue weighted by molar-refractivity contribution is 9.10. The smallest absolute Gasteiger partial charge is 0.137 e. The van der Waals surface area contributed by atoms with Gasteiger partial charge in [0.25, 0.3) is 0 Å². The van der Waals surface area contributed by atoms with Crippen LogP contribution in [-0.4, -0.2) is 12.6 Å². The van der Waals surface area contributed by atoms with E-state index in [0.29, 0.717) is 17.6 Å². The van der Waals surface area contributed by atoms with Gasteiger partial charge in [-0.05, 0) is 34.5 Å². The minimum atomic E-state index is -0.232. The third kappa shape index (κ3) is 3.04. The fraction of sp³-hybridized carbons (Fsp3) is 0.400. The third-order valence-corrected chi connectivity index (χ3v) is 2.91. The van der Waals surface area contributed by atoms with E-state index in [2.05, 4.69) is 21.2 Å². The molecular formula is C10H14BrFN2. The van der Waals surface area contributed by atoms with Crippen LogP contribution in [0.4, 0.5) is 4.39 Å². The van der Waals surface area contributed by atoms with Crippen molar-refractivity contribution >= 4 is 15.9 Å². The Morgan fingerprint density at radius 1 is 1.57 bits per heavy atom. The fourth-order valence-corrected chi connectivity index (χ4v) is 1.46. The lowest BCUT2D eigenvalue weighted by molar-refractivity contribution is 0.551. The lowest BCUT2D eigenvalue weighted by Gasteiger charge is -2.12. The first kappa shape index (κ1) is 11.6. The number of nitrogens with one attached hydrogen (secondary N) is 1. The summed E-state index contributed by atoms with van der Waals surface area (Å²) in [5.74, 6) is -0.232. The van der Waals surface area contributed by atoms with Gasteiger partial charge in [-0.2, -0.15) is 0 Å². The molecule has 4 heteroatoms. The molecule has 0 bridgehead atoms. The second-order valence-corrected chi connectivity index (χ2v) is 4.02. The van der Waals surface area contributed by atoms with Gasteiger partial charge in [-0.15, -0.1) is 0 Å². The van der Waals surface area contributed by atoms with Gasteiger partial charge in [-0.3, -0.25) is 0 Å². The molecule has 0 radical (unpaired) electrons. The highest BCUT2D eigenvalue weighted by atomic mass is 79.9. The molecule has 0 amide bonds. The number of rotatable bonds is 4. The van der Waals surface area contributed by atoms with Crippen molar-refractivity contribution in [2.75, 3.05) is 6.54 Å². The van der Waals surface area contributed by atoms with Gasteiger partial charge >= 0.3 is 0 Å². The lowest BCUT2D eigenvalue weighted by atomic mass is 10.2. The van der Waals surface area contributed by atoms with Crippen molar-refractivity contribution in [3.63, 3.8) is 0 Å². The Morgan fingerprint density at radius 2 is 2.29 bits per heavy atom. The van der Waals surface area contributed by atoms with Crippen molar-refractivity contribution in [1.29, 1.82) is 0 Å². The molecule has 0 aliphatic rings. The summed E-state index contributed by atoms with van der Waals surface area (Å²) in [7, 11) is 0. The van der Waals surface area contributed by atoms with Crippen LogP contribution in [-0.2, 0) is 6.54 Å². The van der Waals surface area contributed by atoms with Gasteiger partial charge in [-0.1, -0.05) is 12.1 Å². The summed E-state index contributed by atoms with van der Waals surface area (Å²) < 4.78 is 13.6. The first-order valence-corrected chi connectivity index (χ1v) is 5.30. The predicted molar refractivity (Wildman–Crippen MR) is 59.5 cm³/mol. The molecule has 0 saturated carbocycles. The number of benzene rings is 1. The molecular weight excluding hydrogens is 247 g/mol. The quantitative estimate of drug-likeness (QED) is 0.870. The minimum absolute atomic E-state index is 0.232. The van der Waals surface area contributed by atoms with Crippen LogP contribution in [0.25, 0.3) is 0 Å². The van der Waals surface area contributed by atoms with E-state index >= 15 is 0 Å². The molecule has 1 atom stereocenters. The number of hydrogen-bond donors (Lipinski definition) is 2. The van der Waals surface area contributed by atoms with Crippen LogP contribution in [0.2, 0.25) is 0 Å². The molecule has 1 rings (SSSR count). The second kappa shape index (κ2) is 5.44. The number of halogens is 2. The van der Waals surface area contributed by atoms with E-state index in [-0.39, 0.29) is 11.9 Å². The first-order chi connectivity index (χ1) is 6.65. The zero-order chi connectivity index (χ0) is 10.6. The Morgan fingerprint density at radius 3 is 2.93 bits per heavy atom. The van der Waals surface area contributed by atoms with Crippen molar-refractivity contribution in [1.82, 2.24) is 5.32 Å². The summed E-state index contributed by atoms with van der Waals surface area (Å²) in [4.78, 5) is 0. The van der Waals surface area contributed by atoms with Crippen molar-refractivity contribution < 1.29 is 4.39 Å². The maximum atomic E-state index is 13.1. The zero-order valence-electron chi connectivity index (χ0n) is 8.06. The van der Waals surface area contributed by atoms with Gasteiger partial charge in [-0.25, -0.2) is 4.39 Å². The van der Waals surface area contributed by atoms with E-state index in [0.717, 1.165) is 5.56 Å². The number of nitrogens with two attached hydrogens (primary N) is 1. The maximum absolute atomic E-state index is 13.1. The highest BCUT2D eigenvalue weighted by Crippen LogP contribution is 2.20. The molecule has 0 aromatic heterocycles. The Kier molecular flexibility index (Phi) is 4.51. The fourth-order valence-electron chi connectivity index (χ4n) is 1.05. The van der Waals surface area contributed by atoms with E-state index in [1.54, 1.807) is 6.07 Å². The Labute approximate surface area is 91.8 Å². The van der Waals surface area contributed by atoms with E-state index in [9.17, 15) is 4.39 Å². The predicted octanol–water partition coefficient (Wildman–Crippen LogP) is 2.03. The van der Waals surface area contributed by atoms with Gasteiger partial charge in [0.1, 0.15) is 5.82 Å². The van der Waals surface area contributed by atoms with Crippen LogP contribution < -0.4 is 11.1 Å². The summed E-state index contributed by atoms with van der Waals surface area (Å²) >= 11 is 3.21. The average molecular weight is 261 g/mol. The van der Waals surface area contributed by atoms with Crippen molar-refractivity contribution in [2.24, 2.45) is 5.73 Å². The molecule has 1 aromatic carbocycles. The van der Waals surface area contributed by atoms with Crippen molar-refractivity contribution in [3.05, 3.63) is 34.1 Å². The summed E-state index contributed by atoms with van der Waals surface area (Å²) in [6, 6.07) is 5.25. The van der Waals surface area contributed by atoms with E-state index in [1.165, 1.54) is 6.07 Å². The molecule has 0 unspecified atom stereocenters. The van der Waals surface area contributed by atoms with Crippen LogP contribution in [0.1, 0.15) is 12.5 Å². The SMILES string of the molecule is C[C@H](CN)NCc1cccc(F)c1Br. The van der Waals surface area contributed by atoms with Crippen LogP contribution >= 0.6 is 15.9 Å². The molecule has 0 aliphatic carbocycles. The molecule has 14 heavy (non-hydrogen) atoms. The number of hydrogen-bond acceptors (Lipinski definition) is 2. The monoisotopic (exact) mass is 260 g/mol. The van der Waals surface area contributed by atoms with E-state index in [1.807, 2.05) is 13.0 Å². The molecule has 0 aliphatic heterocycles. The summed E-state index contributed by atoms with van der Waals surface area (Å²) in [5, 5.41) is 3.19. The topological polar surface area (TPSA) is 38.0 Å². The summed E-state index contributed by atoms with van der Waals surface area (Å²) in [6.07, 6.45) is 0. The molecule has 1 aromatic rings. The molecule has 2 nitrogen and oxygen atoms in total. The van der Waals surface area contributed by atoms with Crippen LogP contribution in [0.3, 0.4) is 0 Å². The molecule has 3 N–H and O–H groups in total. The molecule has 0 saturated heterocycles. The van der Waals surface area contributed by atoms with Gasteiger partial charge in [0.05, 0.1) is 4.47 Å². The third-order valence-electron chi connectivity index (χ3n) is 2.03. The van der Waals surface area contributed by atoms with Crippen LogP contribution in [0, 0.1) is 5.82 Å². The zero-order valence-corrected chi connectivity index (χ0v) is 9.64. The first-order valence-electron chi connectivity index (χ1n) is 4.51. The second-order valence-electron chi connectivity index (χ2n) is 3.23. The van der Waals surface area contributed by atoms with Crippen LogP contribution in [0.15, 0.2) is 22.7 Å². The van der Waals surface area contributed by atoms with Gasteiger partial charge in [0, 0.05) is 19.1 Å². The standard InChI is InChI=1S/C10H14BrFN2/c1-7(5-13)14-6-8-3-2-4-9(12)10(8)11/h2-4,7,14H,5-6,13H2,1H3/t7-/m1/s1. The van der Waals surface area contributed by atoms with Crippen molar-refractivity contribution in [3.8, 4) is 0 Å². The lowest BCUT2D eigenvalue weighted by Crippen LogP contribution is -2.32. The Bertz CT molecular complexity index is 304. The maximum Gasteiger partial charge on any atom is 0.137 e. The highest BCUT2D eigenvalue weighted by Gasteiger charge is 2.05. The van der Waals surface area contributed by atoms with Gasteiger partial charge < -0.3 is 11.1 Å². The Balaban J connectivity index is 2.63. The van der Waals surface area contributed by atoms with E-state index < -0.39 is 0 Å². The molecule has 78 valence electrons. The van der Waals surface area contributed by atoms with Gasteiger partial charge in [0.2, 0.25) is 0 Å². The van der Waals surface area contributed by atoms with Crippen LogP contribution in [0.5, 0.6) is 0 Å². The largest absolute Gasteiger partial charge is 0.329 e. The summed E-state index contributed by atoms with van der Waals surface area (Å²) in [5.41, 5.74) is 6.36. The normalized spacial score (nSPS) is 12.9. The van der Waals surface area contributed by atoms with Crippen molar-refractivity contribution in [2.45, 2.75) is 19.5 Å². The van der Waals surface area contributed by atoms with Gasteiger partial charge in [0.15, 0.2) is 0 Å². The molecule has 0 fully saturated rings. The molecule has 0 spiro atoms. The molecule has 0 heterocycles. The average Bonchev–Trinajstić information content (AvgIpc) is 2.20. The Hall–Kier alpha value is -0.450. The summed E-state index contributed by atoms with van der Waals surface area (Å²) in [6.45, 7) is 3.19. The van der Waals surface area contributed by atoms with E-state index in [4.69, 9.17) is 5.73 Å². The minimum Gasteiger partial charge on any atom is -0.329 e.